The highest BCUT2D eigenvalue weighted by Gasteiger charge is 2.49. The van der Waals surface area contributed by atoms with Crippen LogP contribution in [0.4, 0.5) is 5.69 Å². The quantitative estimate of drug-likeness (QED) is 0.514. The fraction of sp³-hybridized carbons (Fsp3) is 0.464. The molecule has 36 heavy (non-hydrogen) atoms. The molecule has 0 saturated heterocycles. The van der Waals surface area contributed by atoms with Gasteiger partial charge in [0.2, 0.25) is 5.91 Å². The number of rotatable bonds is 6. The summed E-state index contributed by atoms with van der Waals surface area (Å²) >= 11 is 0. The molecule has 2 aromatic heterocycles. The Morgan fingerprint density at radius 2 is 1.86 bits per heavy atom. The van der Waals surface area contributed by atoms with E-state index in [2.05, 4.69) is 10.4 Å². The van der Waals surface area contributed by atoms with E-state index >= 15 is 0 Å². The molecule has 1 aliphatic carbocycles. The minimum Gasteiger partial charge on any atom is -0.494 e. The Labute approximate surface area is 211 Å². The minimum atomic E-state index is -1.16. The minimum absolute atomic E-state index is 0.115. The first kappa shape index (κ1) is 24.2. The summed E-state index contributed by atoms with van der Waals surface area (Å²) in [7, 11) is 0. The smallest absolute Gasteiger partial charge is 0.277 e. The fourth-order valence-corrected chi connectivity index (χ4v) is 5.33. The van der Waals surface area contributed by atoms with Crippen molar-refractivity contribution in [2.75, 3.05) is 11.5 Å². The van der Waals surface area contributed by atoms with E-state index in [-0.39, 0.29) is 24.4 Å². The lowest BCUT2D eigenvalue weighted by Crippen LogP contribution is -2.65. The van der Waals surface area contributed by atoms with Crippen LogP contribution in [0.2, 0.25) is 0 Å². The highest BCUT2D eigenvalue weighted by Crippen LogP contribution is 2.35. The molecule has 2 amide bonds. The Balaban J connectivity index is 1.51. The summed E-state index contributed by atoms with van der Waals surface area (Å²) in [6, 6.07) is 12.8. The molecule has 5 rings (SSSR count). The van der Waals surface area contributed by atoms with Crippen molar-refractivity contribution in [3.05, 3.63) is 54.4 Å². The molecule has 1 aliphatic heterocycles. The molecule has 2 aliphatic rings. The van der Waals surface area contributed by atoms with Crippen LogP contribution < -0.4 is 15.0 Å². The van der Waals surface area contributed by atoms with Gasteiger partial charge in [0.1, 0.15) is 22.7 Å². The van der Waals surface area contributed by atoms with E-state index in [0.29, 0.717) is 29.4 Å². The van der Waals surface area contributed by atoms with Crippen LogP contribution >= 0.6 is 0 Å². The molecular formula is C28H34N4O4. The van der Waals surface area contributed by atoms with Crippen molar-refractivity contribution in [2.24, 2.45) is 0 Å². The second-order valence-corrected chi connectivity index (χ2v) is 9.91. The fourth-order valence-electron chi connectivity index (χ4n) is 5.33. The van der Waals surface area contributed by atoms with Gasteiger partial charge in [0.05, 0.1) is 19.4 Å². The maximum atomic E-state index is 13.9. The summed E-state index contributed by atoms with van der Waals surface area (Å²) in [6.07, 6.45) is 9.40. The Morgan fingerprint density at radius 1 is 1.14 bits per heavy atom. The Kier molecular flexibility index (Phi) is 6.85. The van der Waals surface area contributed by atoms with Crippen LogP contribution in [-0.2, 0) is 11.3 Å². The monoisotopic (exact) mass is 490 g/mol. The maximum absolute atomic E-state index is 13.9. The Bertz CT molecular complexity index is 1190. The van der Waals surface area contributed by atoms with E-state index in [4.69, 9.17) is 9.15 Å². The van der Waals surface area contributed by atoms with Gasteiger partial charge in [-0.15, -0.1) is 0 Å². The average molecular weight is 491 g/mol. The van der Waals surface area contributed by atoms with E-state index in [1.165, 1.54) is 19.3 Å². The van der Waals surface area contributed by atoms with Crippen LogP contribution in [0.25, 0.3) is 11.5 Å². The molecule has 1 aromatic carbocycles. The molecule has 8 nitrogen and oxygen atoms in total. The second kappa shape index (κ2) is 10.2. The first-order valence-electron chi connectivity index (χ1n) is 13.0. The number of nitrogens with one attached hydrogen (secondary N) is 1. The molecular weight excluding hydrogens is 456 g/mol. The van der Waals surface area contributed by atoms with Gasteiger partial charge in [0.25, 0.3) is 5.91 Å². The first-order chi connectivity index (χ1) is 17.5. The van der Waals surface area contributed by atoms with Crippen molar-refractivity contribution >= 4 is 17.5 Å². The Hall–Kier alpha value is -3.55. The molecule has 1 atom stereocenters. The van der Waals surface area contributed by atoms with Gasteiger partial charge in [-0.1, -0.05) is 32.1 Å². The van der Waals surface area contributed by atoms with Crippen molar-refractivity contribution < 1.29 is 18.7 Å². The predicted molar refractivity (Wildman–Crippen MR) is 137 cm³/mol. The number of benzene rings is 1. The molecule has 190 valence electrons. The molecule has 0 spiro atoms. The van der Waals surface area contributed by atoms with Gasteiger partial charge < -0.3 is 14.5 Å². The number of amides is 2. The molecule has 3 aromatic rings. The molecule has 1 saturated carbocycles. The third-order valence-electron chi connectivity index (χ3n) is 7.26. The number of furan rings is 1. The number of carbonyl (C=O) groups is 2. The van der Waals surface area contributed by atoms with Crippen LogP contribution in [0.5, 0.6) is 5.75 Å². The van der Waals surface area contributed by atoms with Crippen molar-refractivity contribution in [1.29, 1.82) is 0 Å². The Morgan fingerprint density at radius 3 is 2.53 bits per heavy atom. The zero-order valence-corrected chi connectivity index (χ0v) is 21.0. The number of hydrogen-bond acceptors (Lipinski definition) is 5. The number of nitrogens with zero attached hydrogens (tertiary/aromatic N) is 3. The van der Waals surface area contributed by atoms with Crippen molar-refractivity contribution in [2.45, 2.75) is 76.9 Å². The van der Waals surface area contributed by atoms with Gasteiger partial charge in [0.15, 0.2) is 5.76 Å². The number of anilines is 1. The molecule has 1 unspecified atom stereocenters. The van der Waals surface area contributed by atoms with E-state index in [0.717, 1.165) is 31.4 Å². The standard InChI is InChI=1S/C28H34N4O4/c1-3-35-22-15-13-21(14-16-22)32-26(33)24-18-23(25-12-9-17-36-25)30-31(24)19-28(32,2)27(34)29-20-10-7-5-4-6-8-11-20/h9,12-18,20H,3-8,10-11,19H2,1-2H3,(H,29,34). The summed E-state index contributed by atoms with van der Waals surface area (Å²) in [4.78, 5) is 29.5. The van der Waals surface area contributed by atoms with Crippen molar-refractivity contribution in [3.63, 3.8) is 0 Å². The molecule has 0 radical (unpaired) electrons. The first-order valence-corrected chi connectivity index (χ1v) is 13.0. The average Bonchev–Trinajstić information content (AvgIpc) is 3.52. The van der Waals surface area contributed by atoms with Crippen LogP contribution in [0.1, 0.15) is 69.3 Å². The zero-order valence-electron chi connectivity index (χ0n) is 21.0. The van der Waals surface area contributed by atoms with Crippen LogP contribution in [0.3, 0.4) is 0 Å². The molecule has 8 heteroatoms. The highest BCUT2D eigenvalue weighted by atomic mass is 16.5. The van der Waals surface area contributed by atoms with Gasteiger partial charge in [-0.3, -0.25) is 19.2 Å². The predicted octanol–water partition coefficient (Wildman–Crippen LogP) is 5.19. The van der Waals surface area contributed by atoms with Crippen LogP contribution in [0, 0.1) is 0 Å². The number of carbonyl (C=O) groups excluding carboxylic acids is 2. The molecule has 0 bridgehead atoms. The topological polar surface area (TPSA) is 89.6 Å². The summed E-state index contributed by atoms with van der Waals surface area (Å²) in [6.45, 7) is 4.55. The van der Waals surface area contributed by atoms with Gasteiger partial charge >= 0.3 is 0 Å². The summed E-state index contributed by atoms with van der Waals surface area (Å²) in [5.74, 6) is 0.872. The van der Waals surface area contributed by atoms with Crippen LogP contribution in [0.15, 0.2) is 53.1 Å². The van der Waals surface area contributed by atoms with E-state index in [1.54, 1.807) is 28.0 Å². The van der Waals surface area contributed by atoms with Crippen molar-refractivity contribution in [3.8, 4) is 17.2 Å². The van der Waals surface area contributed by atoms with Gasteiger partial charge in [0, 0.05) is 17.8 Å². The SMILES string of the molecule is CCOc1ccc(N2C(=O)c3cc(-c4ccco4)nn3CC2(C)C(=O)NC2CCCCCCC2)cc1. The molecule has 1 fully saturated rings. The van der Waals surface area contributed by atoms with E-state index in [1.807, 2.05) is 44.2 Å². The number of fused-ring (bicyclic) bond motifs is 1. The second-order valence-electron chi connectivity index (χ2n) is 9.91. The van der Waals surface area contributed by atoms with Crippen molar-refractivity contribution in [1.82, 2.24) is 15.1 Å². The van der Waals surface area contributed by atoms with E-state index in [9.17, 15) is 9.59 Å². The van der Waals surface area contributed by atoms with E-state index < -0.39 is 5.54 Å². The lowest BCUT2D eigenvalue weighted by atomic mass is 9.91. The number of ether oxygens (including phenoxy) is 1. The zero-order chi connectivity index (χ0) is 25.1. The maximum Gasteiger partial charge on any atom is 0.277 e. The number of hydrogen-bond donors (Lipinski definition) is 1. The van der Waals surface area contributed by atoms with Crippen LogP contribution in [-0.4, -0.2) is 39.8 Å². The number of aromatic nitrogens is 2. The third-order valence-corrected chi connectivity index (χ3v) is 7.26. The van der Waals surface area contributed by atoms with Gasteiger partial charge in [-0.25, -0.2) is 0 Å². The summed E-state index contributed by atoms with van der Waals surface area (Å²) in [5.41, 5.74) is 0.475. The normalized spacial score (nSPS) is 20.9. The summed E-state index contributed by atoms with van der Waals surface area (Å²) < 4.78 is 12.7. The molecule has 3 heterocycles. The van der Waals surface area contributed by atoms with Gasteiger partial charge in [-0.05, 0) is 63.1 Å². The lowest BCUT2D eigenvalue weighted by molar-refractivity contribution is -0.127. The lowest BCUT2D eigenvalue weighted by Gasteiger charge is -2.43. The third kappa shape index (κ3) is 4.64. The largest absolute Gasteiger partial charge is 0.494 e. The summed E-state index contributed by atoms with van der Waals surface area (Å²) in [5, 5.41) is 7.93. The highest BCUT2D eigenvalue weighted by molar-refractivity contribution is 6.12. The molecule has 1 N–H and O–H groups in total. The van der Waals surface area contributed by atoms with Gasteiger partial charge in [-0.2, -0.15) is 5.10 Å².